The van der Waals surface area contributed by atoms with Gasteiger partial charge in [-0.1, -0.05) is 22.9 Å². The highest BCUT2D eigenvalue weighted by molar-refractivity contribution is 9.11. The number of nitrogens with one attached hydrogen (secondary N) is 1. The third kappa shape index (κ3) is 1.94. The van der Waals surface area contributed by atoms with Crippen LogP contribution < -0.4 is 5.48 Å². The van der Waals surface area contributed by atoms with Crippen molar-refractivity contribution >= 4 is 22.2 Å². The van der Waals surface area contributed by atoms with Crippen LogP contribution in [0.1, 0.15) is 19.8 Å². The molecule has 0 amide bonds. The molecule has 0 aromatic rings. The van der Waals surface area contributed by atoms with E-state index in [0.717, 1.165) is 22.8 Å². The summed E-state index contributed by atoms with van der Waals surface area (Å²) in [5.74, 6) is 0.355. The fourth-order valence-electron chi connectivity index (χ4n) is 1.39. The van der Waals surface area contributed by atoms with Crippen molar-refractivity contribution < 1.29 is 10.0 Å². The number of hydrogen-bond acceptors (Lipinski definition) is 3. The molecule has 0 saturated carbocycles. The molecule has 2 atom stereocenters. The van der Waals surface area contributed by atoms with E-state index in [1.165, 1.54) is 0 Å². The summed E-state index contributed by atoms with van der Waals surface area (Å²) in [4.78, 5) is 10.5. The van der Waals surface area contributed by atoms with Crippen molar-refractivity contribution in [3.8, 4) is 0 Å². The maximum atomic E-state index is 10.5. The SMILES string of the molecule is CC1CC(Br)=C(C=O)CC1NO. The number of halogens is 1. The Kier molecular flexibility index (Phi) is 3.43. The van der Waals surface area contributed by atoms with Gasteiger partial charge in [0, 0.05) is 16.1 Å². The summed E-state index contributed by atoms with van der Waals surface area (Å²) < 4.78 is 0.969. The van der Waals surface area contributed by atoms with Gasteiger partial charge in [-0.15, -0.1) is 0 Å². The normalized spacial score (nSPS) is 30.6. The second kappa shape index (κ2) is 4.16. The minimum atomic E-state index is 0.00602. The van der Waals surface area contributed by atoms with Gasteiger partial charge in [0.15, 0.2) is 0 Å². The van der Waals surface area contributed by atoms with Crippen molar-refractivity contribution in [2.75, 3.05) is 0 Å². The fourth-order valence-corrected chi connectivity index (χ4v) is 2.16. The van der Waals surface area contributed by atoms with Crippen molar-refractivity contribution in [1.82, 2.24) is 5.48 Å². The topological polar surface area (TPSA) is 49.3 Å². The summed E-state index contributed by atoms with van der Waals surface area (Å²) in [6.07, 6.45) is 2.26. The van der Waals surface area contributed by atoms with E-state index in [1.807, 2.05) is 6.92 Å². The number of carbonyl (C=O) groups is 1. The first-order valence-electron chi connectivity index (χ1n) is 3.91. The minimum Gasteiger partial charge on any atom is -0.317 e. The third-order valence-electron chi connectivity index (χ3n) is 2.28. The molecule has 0 heterocycles. The number of allylic oxidation sites excluding steroid dienone is 1. The maximum absolute atomic E-state index is 10.5. The highest BCUT2D eigenvalue weighted by atomic mass is 79.9. The number of aldehydes is 1. The zero-order chi connectivity index (χ0) is 9.14. The molecule has 2 N–H and O–H groups in total. The highest BCUT2D eigenvalue weighted by Crippen LogP contribution is 2.31. The van der Waals surface area contributed by atoms with E-state index in [2.05, 4.69) is 21.4 Å². The van der Waals surface area contributed by atoms with E-state index in [-0.39, 0.29) is 6.04 Å². The molecule has 0 aliphatic heterocycles. The van der Waals surface area contributed by atoms with Gasteiger partial charge < -0.3 is 5.21 Å². The molecule has 1 aliphatic rings. The third-order valence-corrected chi connectivity index (χ3v) is 3.12. The van der Waals surface area contributed by atoms with Gasteiger partial charge in [0.25, 0.3) is 0 Å². The first-order valence-corrected chi connectivity index (χ1v) is 4.70. The summed E-state index contributed by atoms with van der Waals surface area (Å²) in [5.41, 5.74) is 2.97. The Balaban J connectivity index is 2.76. The summed E-state index contributed by atoms with van der Waals surface area (Å²) in [6.45, 7) is 2.04. The van der Waals surface area contributed by atoms with E-state index < -0.39 is 0 Å². The zero-order valence-corrected chi connectivity index (χ0v) is 8.47. The standard InChI is InChI=1S/C8H12BrNO2/c1-5-2-7(9)6(4-11)3-8(5)10-12/h4-5,8,10,12H,2-3H2,1H3. The molecular formula is C8H12BrNO2. The predicted octanol–water partition coefficient (Wildman–Crippen LogP) is 1.61. The van der Waals surface area contributed by atoms with E-state index in [4.69, 9.17) is 5.21 Å². The van der Waals surface area contributed by atoms with Gasteiger partial charge in [-0.2, -0.15) is 0 Å². The Bertz CT molecular complexity index is 215. The van der Waals surface area contributed by atoms with Crippen LogP contribution in [-0.4, -0.2) is 17.5 Å². The molecule has 0 aromatic heterocycles. The first kappa shape index (κ1) is 9.89. The smallest absolute Gasteiger partial charge is 0.146 e. The molecule has 0 radical (unpaired) electrons. The van der Waals surface area contributed by atoms with E-state index in [1.54, 1.807) is 0 Å². The Morgan fingerprint density at radius 2 is 2.33 bits per heavy atom. The van der Waals surface area contributed by atoms with Crippen LogP contribution in [0.3, 0.4) is 0 Å². The molecule has 2 unspecified atom stereocenters. The van der Waals surface area contributed by atoms with Crippen molar-refractivity contribution in [3.05, 3.63) is 10.1 Å². The highest BCUT2D eigenvalue weighted by Gasteiger charge is 2.25. The Morgan fingerprint density at radius 3 is 2.83 bits per heavy atom. The van der Waals surface area contributed by atoms with Gasteiger partial charge in [-0.05, 0) is 18.8 Å². The molecule has 3 nitrogen and oxygen atoms in total. The van der Waals surface area contributed by atoms with Gasteiger partial charge in [0.2, 0.25) is 0 Å². The summed E-state index contributed by atoms with van der Waals surface area (Å²) in [6, 6.07) is 0.00602. The van der Waals surface area contributed by atoms with Crippen LogP contribution >= 0.6 is 15.9 Å². The van der Waals surface area contributed by atoms with E-state index in [0.29, 0.717) is 12.3 Å². The minimum absolute atomic E-state index is 0.00602. The van der Waals surface area contributed by atoms with Gasteiger partial charge in [-0.25, -0.2) is 5.48 Å². The number of rotatable bonds is 2. The second-order valence-corrected chi connectivity index (χ2v) is 4.13. The molecule has 4 heteroatoms. The predicted molar refractivity (Wildman–Crippen MR) is 49.1 cm³/mol. The van der Waals surface area contributed by atoms with Crippen LogP contribution in [0.2, 0.25) is 0 Å². The molecule has 0 fully saturated rings. The molecule has 1 aliphatic carbocycles. The summed E-state index contributed by atoms with van der Waals surface area (Å²) in [5, 5.41) is 8.76. The molecule has 68 valence electrons. The lowest BCUT2D eigenvalue weighted by Crippen LogP contribution is -2.35. The van der Waals surface area contributed by atoms with Crippen molar-refractivity contribution in [2.24, 2.45) is 5.92 Å². The van der Waals surface area contributed by atoms with Crippen LogP contribution in [0.15, 0.2) is 10.1 Å². The molecule has 0 aromatic carbocycles. The van der Waals surface area contributed by atoms with Crippen LogP contribution in [0.5, 0.6) is 0 Å². The summed E-state index contributed by atoms with van der Waals surface area (Å²) in [7, 11) is 0. The van der Waals surface area contributed by atoms with Crippen LogP contribution in [0, 0.1) is 5.92 Å². The van der Waals surface area contributed by atoms with Gasteiger partial charge in [0.1, 0.15) is 6.29 Å². The lowest BCUT2D eigenvalue weighted by Gasteiger charge is -2.27. The average Bonchev–Trinajstić information content (AvgIpc) is 2.05. The monoisotopic (exact) mass is 233 g/mol. The van der Waals surface area contributed by atoms with Gasteiger partial charge >= 0.3 is 0 Å². The molecule has 1 rings (SSSR count). The summed E-state index contributed by atoms with van der Waals surface area (Å²) >= 11 is 3.35. The van der Waals surface area contributed by atoms with Crippen LogP contribution in [0.25, 0.3) is 0 Å². The zero-order valence-electron chi connectivity index (χ0n) is 6.88. The lowest BCUT2D eigenvalue weighted by atomic mass is 9.87. The number of hydrogen-bond donors (Lipinski definition) is 2. The largest absolute Gasteiger partial charge is 0.317 e. The quantitative estimate of drug-likeness (QED) is 0.563. The number of carbonyl (C=O) groups excluding carboxylic acids is 1. The molecule has 0 saturated heterocycles. The fraction of sp³-hybridized carbons (Fsp3) is 0.625. The molecule has 0 spiro atoms. The molecule has 0 bridgehead atoms. The average molecular weight is 234 g/mol. The van der Waals surface area contributed by atoms with Gasteiger partial charge in [0.05, 0.1) is 0 Å². The van der Waals surface area contributed by atoms with Crippen molar-refractivity contribution in [1.29, 1.82) is 0 Å². The molecular weight excluding hydrogens is 222 g/mol. The van der Waals surface area contributed by atoms with E-state index in [9.17, 15) is 4.79 Å². The van der Waals surface area contributed by atoms with Crippen molar-refractivity contribution in [3.63, 3.8) is 0 Å². The Morgan fingerprint density at radius 1 is 1.67 bits per heavy atom. The van der Waals surface area contributed by atoms with Crippen LogP contribution in [0.4, 0.5) is 0 Å². The van der Waals surface area contributed by atoms with Crippen LogP contribution in [-0.2, 0) is 4.79 Å². The van der Waals surface area contributed by atoms with Gasteiger partial charge in [-0.3, -0.25) is 4.79 Å². The van der Waals surface area contributed by atoms with Crippen molar-refractivity contribution in [2.45, 2.75) is 25.8 Å². The first-order chi connectivity index (χ1) is 5.69. The lowest BCUT2D eigenvalue weighted by molar-refractivity contribution is -0.105. The maximum Gasteiger partial charge on any atom is 0.146 e. The van der Waals surface area contributed by atoms with E-state index >= 15 is 0 Å². The second-order valence-electron chi connectivity index (χ2n) is 3.17. The Hall–Kier alpha value is -0.190. The number of hydroxylamine groups is 1. The molecule has 12 heavy (non-hydrogen) atoms. The Labute approximate surface area is 79.9 Å².